The molecule has 0 N–H and O–H groups in total. The topological polar surface area (TPSA) is 78.6 Å². The number of anilines is 1. The monoisotopic (exact) mass is 344 g/mol. The molecule has 1 aliphatic heterocycles. The number of amides is 1. The summed E-state index contributed by atoms with van der Waals surface area (Å²) >= 11 is 0. The Hall–Kier alpha value is -2.48. The van der Waals surface area contributed by atoms with Crippen LogP contribution in [-0.2, 0) is 11.3 Å². The second kappa shape index (κ2) is 8.06. The van der Waals surface area contributed by atoms with Gasteiger partial charge in [0, 0.05) is 64.1 Å². The number of piperazine rings is 1. The number of rotatable bonds is 6. The molecule has 2 aromatic heterocycles. The molecule has 1 aliphatic rings. The number of carbonyl (C=O) groups is 1. The molecule has 134 valence electrons. The third-order valence-electron chi connectivity index (χ3n) is 4.28. The van der Waals surface area contributed by atoms with Crippen LogP contribution in [0.2, 0.25) is 0 Å². The predicted octanol–water partition coefficient (Wildman–Crippen LogP) is 0.944. The van der Waals surface area contributed by atoms with Gasteiger partial charge in [0.1, 0.15) is 5.76 Å². The van der Waals surface area contributed by atoms with Gasteiger partial charge in [0.25, 0.3) is 0 Å². The molecular weight excluding hydrogens is 320 g/mol. The summed E-state index contributed by atoms with van der Waals surface area (Å²) in [6, 6.07) is 3.73. The van der Waals surface area contributed by atoms with Crippen molar-refractivity contribution < 1.29 is 9.32 Å². The summed E-state index contributed by atoms with van der Waals surface area (Å²) in [6.07, 6.45) is 3.99. The fourth-order valence-electron chi connectivity index (χ4n) is 2.90. The minimum absolute atomic E-state index is 0.191. The standard InChI is InChI=1S/C17H24N6O2/c1-14-12-15(20-25-14)13-21(2)7-4-16(24)22-8-10-23(11-9-22)17-18-5-3-6-19-17/h3,5-6,12H,4,7-11,13H2,1-2H3. The van der Waals surface area contributed by atoms with Crippen LogP contribution in [0.5, 0.6) is 0 Å². The maximum atomic E-state index is 12.4. The molecule has 8 heteroatoms. The molecule has 0 radical (unpaired) electrons. The highest BCUT2D eigenvalue weighted by Gasteiger charge is 2.22. The molecule has 3 heterocycles. The Morgan fingerprint density at radius 2 is 1.96 bits per heavy atom. The van der Waals surface area contributed by atoms with Gasteiger partial charge in [-0.15, -0.1) is 0 Å². The van der Waals surface area contributed by atoms with Crippen molar-refractivity contribution in [1.82, 2.24) is 24.9 Å². The summed E-state index contributed by atoms with van der Waals surface area (Å²) < 4.78 is 5.07. The predicted molar refractivity (Wildman–Crippen MR) is 93.0 cm³/mol. The van der Waals surface area contributed by atoms with Gasteiger partial charge in [0.15, 0.2) is 0 Å². The van der Waals surface area contributed by atoms with E-state index in [0.717, 1.165) is 30.5 Å². The van der Waals surface area contributed by atoms with Crippen LogP contribution in [0.3, 0.4) is 0 Å². The Bertz CT molecular complexity index is 681. The molecule has 0 saturated carbocycles. The average Bonchev–Trinajstić information content (AvgIpc) is 3.05. The second-order valence-electron chi connectivity index (χ2n) is 6.33. The molecule has 0 unspecified atom stereocenters. The van der Waals surface area contributed by atoms with Crippen molar-refractivity contribution in [1.29, 1.82) is 0 Å². The minimum atomic E-state index is 0.191. The summed E-state index contributed by atoms with van der Waals surface area (Å²) in [6.45, 7) is 6.22. The summed E-state index contributed by atoms with van der Waals surface area (Å²) in [7, 11) is 1.99. The fourth-order valence-corrected chi connectivity index (χ4v) is 2.90. The van der Waals surface area contributed by atoms with Crippen molar-refractivity contribution in [3.8, 4) is 0 Å². The van der Waals surface area contributed by atoms with Crippen molar-refractivity contribution in [2.24, 2.45) is 0 Å². The smallest absolute Gasteiger partial charge is 0.225 e. The summed E-state index contributed by atoms with van der Waals surface area (Å²) in [5.74, 6) is 1.73. The second-order valence-corrected chi connectivity index (χ2v) is 6.33. The summed E-state index contributed by atoms with van der Waals surface area (Å²) in [5.41, 5.74) is 0.893. The van der Waals surface area contributed by atoms with E-state index in [1.54, 1.807) is 18.5 Å². The summed E-state index contributed by atoms with van der Waals surface area (Å²) in [5, 5.41) is 3.98. The molecule has 0 atom stereocenters. The molecule has 0 spiro atoms. The molecule has 1 fully saturated rings. The minimum Gasteiger partial charge on any atom is -0.361 e. The van der Waals surface area contributed by atoms with Gasteiger partial charge in [0.2, 0.25) is 11.9 Å². The van der Waals surface area contributed by atoms with Crippen molar-refractivity contribution in [3.05, 3.63) is 36.0 Å². The first-order chi connectivity index (χ1) is 12.1. The van der Waals surface area contributed by atoms with Crippen LogP contribution in [0.4, 0.5) is 5.95 Å². The maximum absolute atomic E-state index is 12.4. The van der Waals surface area contributed by atoms with Gasteiger partial charge in [-0.25, -0.2) is 9.97 Å². The van der Waals surface area contributed by atoms with Crippen molar-refractivity contribution in [3.63, 3.8) is 0 Å². The van der Waals surface area contributed by atoms with Gasteiger partial charge in [-0.1, -0.05) is 5.16 Å². The molecule has 2 aromatic rings. The molecule has 8 nitrogen and oxygen atoms in total. The van der Waals surface area contributed by atoms with Crippen LogP contribution in [0.1, 0.15) is 17.9 Å². The van der Waals surface area contributed by atoms with Gasteiger partial charge >= 0.3 is 0 Å². The van der Waals surface area contributed by atoms with Crippen LogP contribution < -0.4 is 4.90 Å². The molecule has 0 aromatic carbocycles. The number of carbonyl (C=O) groups excluding carboxylic acids is 1. The lowest BCUT2D eigenvalue weighted by atomic mass is 10.2. The fraction of sp³-hybridized carbons (Fsp3) is 0.529. The Morgan fingerprint density at radius 3 is 2.60 bits per heavy atom. The lowest BCUT2D eigenvalue weighted by Gasteiger charge is -2.35. The molecule has 3 rings (SSSR count). The van der Waals surface area contributed by atoms with E-state index in [9.17, 15) is 4.79 Å². The highest BCUT2D eigenvalue weighted by molar-refractivity contribution is 5.76. The van der Waals surface area contributed by atoms with Crippen molar-refractivity contribution in [2.45, 2.75) is 19.9 Å². The molecule has 0 bridgehead atoms. The van der Waals surface area contributed by atoms with E-state index in [1.807, 2.05) is 24.9 Å². The van der Waals surface area contributed by atoms with Gasteiger partial charge in [0.05, 0.1) is 5.69 Å². The third-order valence-corrected chi connectivity index (χ3v) is 4.28. The lowest BCUT2D eigenvalue weighted by Crippen LogP contribution is -2.49. The van der Waals surface area contributed by atoms with E-state index in [2.05, 4.69) is 24.9 Å². The Labute approximate surface area is 147 Å². The van der Waals surface area contributed by atoms with Crippen LogP contribution in [-0.4, -0.2) is 70.6 Å². The third kappa shape index (κ3) is 4.76. The average molecular weight is 344 g/mol. The van der Waals surface area contributed by atoms with Crippen LogP contribution in [0.25, 0.3) is 0 Å². The molecule has 25 heavy (non-hydrogen) atoms. The van der Waals surface area contributed by atoms with Crippen LogP contribution in [0.15, 0.2) is 29.0 Å². The highest BCUT2D eigenvalue weighted by atomic mass is 16.5. The molecule has 1 saturated heterocycles. The number of aromatic nitrogens is 3. The number of hydrogen-bond donors (Lipinski definition) is 0. The van der Waals surface area contributed by atoms with E-state index >= 15 is 0 Å². The van der Waals surface area contributed by atoms with Gasteiger partial charge in [-0.3, -0.25) is 9.69 Å². The zero-order valence-corrected chi connectivity index (χ0v) is 14.8. The van der Waals surface area contributed by atoms with E-state index in [4.69, 9.17) is 4.52 Å². The summed E-state index contributed by atoms with van der Waals surface area (Å²) in [4.78, 5) is 27.1. The quantitative estimate of drug-likeness (QED) is 0.772. The Balaban J connectivity index is 1.40. The van der Waals surface area contributed by atoms with E-state index in [1.165, 1.54) is 0 Å². The van der Waals surface area contributed by atoms with E-state index < -0.39 is 0 Å². The van der Waals surface area contributed by atoms with Crippen molar-refractivity contribution in [2.75, 3.05) is 44.7 Å². The first-order valence-corrected chi connectivity index (χ1v) is 8.52. The number of hydrogen-bond acceptors (Lipinski definition) is 7. The first kappa shape index (κ1) is 17.3. The zero-order valence-electron chi connectivity index (χ0n) is 14.8. The highest BCUT2D eigenvalue weighted by Crippen LogP contribution is 2.11. The van der Waals surface area contributed by atoms with Crippen LogP contribution >= 0.6 is 0 Å². The molecular formula is C17H24N6O2. The van der Waals surface area contributed by atoms with Gasteiger partial charge < -0.3 is 14.3 Å². The number of nitrogens with zero attached hydrogens (tertiary/aromatic N) is 6. The van der Waals surface area contributed by atoms with Gasteiger partial charge in [-0.05, 0) is 20.0 Å². The maximum Gasteiger partial charge on any atom is 0.225 e. The van der Waals surface area contributed by atoms with Crippen molar-refractivity contribution >= 4 is 11.9 Å². The van der Waals surface area contributed by atoms with Crippen LogP contribution in [0, 0.1) is 6.92 Å². The normalized spacial score (nSPS) is 15.0. The van der Waals surface area contributed by atoms with E-state index in [-0.39, 0.29) is 5.91 Å². The SMILES string of the molecule is Cc1cc(CN(C)CCC(=O)N2CCN(c3ncccn3)CC2)no1. The lowest BCUT2D eigenvalue weighted by molar-refractivity contribution is -0.131. The Morgan fingerprint density at radius 1 is 1.24 bits per heavy atom. The first-order valence-electron chi connectivity index (χ1n) is 8.52. The van der Waals surface area contributed by atoms with E-state index in [0.29, 0.717) is 32.6 Å². The largest absolute Gasteiger partial charge is 0.361 e. The molecule has 0 aliphatic carbocycles. The Kier molecular flexibility index (Phi) is 5.60. The number of aryl methyl sites for hydroxylation is 1. The van der Waals surface area contributed by atoms with Gasteiger partial charge in [-0.2, -0.15) is 0 Å². The molecule has 1 amide bonds. The zero-order chi connectivity index (χ0) is 17.6.